The third-order valence-corrected chi connectivity index (χ3v) is 3.67. The van der Waals surface area contributed by atoms with Gasteiger partial charge in [0.2, 0.25) is 5.91 Å². The van der Waals surface area contributed by atoms with Crippen LogP contribution < -0.4 is 15.4 Å². The lowest BCUT2D eigenvalue weighted by molar-refractivity contribution is -0.128. The summed E-state index contributed by atoms with van der Waals surface area (Å²) in [5.41, 5.74) is 1.48. The summed E-state index contributed by atoms with van der Waals surface area (Å²) < 4.78 is 10.2. The maximum absolute atomic E-state index is 12.2. The van der Waals surface area contributed by atoms with Crippen LogP contribution in [-0.4, -0.2) is 31.0 Å². The molecule has 7 heteroatoms. The standard InChI is InChI=1S/C18H16N2O5/c1-24-18(23)11-6-8-12(9-7-11)19-16(21)10-15-17(22)20-13-4-2-3-5-14(13)25-15/h2-9,15H,10H2,1H3,(H,19,21)(H,20,22)/t15-/m1/s1. The smallest absolute Gasteiger partial charge is 0.337 e. The van der Waals surface area contributed by atoms with Crippen LogP contribution >= 0.6 is 0 Å². The molecular weight excluding hydrogens is 324 g/mol. The largest absolute Gasteiger partial charge is 0.478 e. The zero-order valence-corrected chi connectivity index (χ0v) is 13.4. The molecule has 0 fully saturated rings. The monoisotopic (exact) mass is 340 g/mol. The van der Waals surface area contributed by atoms with E-state index in [1.54, 1.807) is 48.5 Å². The molecule has 3 rings (SSSR count). The van der Waals surface area contributed by atoms with Gasteiger partial charge in [0.1, 0.15) is 5.75 Å². The molecule has 0 spiro atoms. The van der Waals surface area contributed by atoms with Crippen LogP contribution in [0.15, 0.2) is 48.5 Å². The SMILES string of the molecule is COC(=O)c1ccc(NC(=O)C[C@H]2Oc3ccccc3NC2=O)cc1. The lowest BCUT2D eigenvalue weighted by Crippen LogP contribution is -2.39. The Bertz CT molecular complexity index is 816. The summed E-state index contributed by atoms with van der Waals surface area (Å²) in [4.78, 5) is 35.6. The Morgan fingerprint density at radius 3 is 2.60 bits per heavy atom. The van der Waals surface area contributed by atoms with Crippen molar-refractivity contribution in [3.8, 4) is 5.75 Å². The van der Waals surface area contributed by atoms with Crippen molar-refractivity contribution in [3.05, 3.63) is 54.1 Å². The molecule has 1 atom stereocenters. The molecule has 0 aliphatic carbocycles. The fourth-order valence-electron chi connectivity index (χ4n) is 2.41. The van der Waals surface area contributed by atoms with Crippen molar-refractivity contribution in [1.82, 2.24) is 0 Å². The highest BCUT2D eigenvalue weighted by atomic mass is 16.5. The van der Waals surface area contributed by atoms with Gasteiger partial charge in [-0.15, -0.1) is 0 Å². The molecule has 1 aliphatic rings. The molecule has 2 amide bonds. The number of esters is 1. The molecule has 25 heavy (non-hydrogen) atoms. The Hall–Kier alpha value is -3.35. The number of amides is 2. The van der Waals surface area contributed by atoms with E-state index in [0.717, 1.165) is 0 Å². The number of hydrogen-bond donors (Lipinski definition) is 2. The van der Waals surface area contributed by atoms with E-state index in [4.69, 9.17) is 4.74 Å². The van der Waals surface area contributed by atoms with Crippen LogP contribution in [0.1, 0.15) is 16.8 Å². The molecule has 2 aromatic rings. The zero-order valence-electron chi connectivity index (χ0n) is 13.4. The summed E-state index contributed by atoms with van der Waals surface area (Å²) in [6.07, 6.45) is -1.02. The molecule has 0 bridgehead atoms. The zero-order chi connectivity index (χ0) is 17.8. The van der Waals surface area contributed by atoms with Gasteiger partial charge >= 0.3 is 5.97 Å². The first-order valence-electron chi connectivity index (χ1n) is 7.61. The third kappa shape index (κ3) is 3.77. The van der Waals surface area contributed by atoms with Crippen LogP contribution in [0, 0.1) is 0 Å². The Morgan fingerprint density at radius 2 is 1.88 bits per heavy atom. The van der Waals surface area contributed by atoms with Gasteiger partial charge in [-0.1, -0.05) is 12.1 Å². The van der Waals surface area contributed by atoms with Gasteiger partial charge in [-0.3, -0.25) is 9.59 Å². The first-order valence-corrected chi connectivity index (χ1v) is 7.61. The summed E-state index contributed by atoms with van der Waals surface area (Å²) in [7, 11) is 1.30. The number of carbonyl (C=O) groups excluding carboxylic acids is 3. The van der Waals surface area contributed by atoms with E-state index < -0.39 is 12.1 Å². The molecule has 128 valence electrons. The topological polar surface area (TPSA) is 93.7 Å². The molecule has 7 nitrogen and oxygen atoms in total. The molecule has 0 aromatic heterocycles. The highest BCUT2D eigenvalue weighted by Gasteiger charge is 2.29. The van der Waals surface area contributed by atoms with Gasteiger partial charge in [-0.2, -0.15) is 0 Å². The Balaban J connectivity index is 1.61. The number of fused-ring (bicyclic) bond motifs is 1. The van der Waals surface area contributed by atoms with Crippen LogP contribution in [0.5, 0.6) is 5.75 Å². The van der Waals surface area contributed by atoms with Crippen molar-refractivity contribution in [2.75, 3.05) is 17.7 Å². The molecule has 0 saturated carbocycles. The number of ether oxygens (including phenoxy) is 2. The van der Waals surface area contributed by atoms with Gasteiger partial charge in [0.15, 0.2) is 6.10 Å². The second-order valence-corrected chi connectivity index (χ2v) is 5.41. The maximum Gasteiger partial charge on any atom is 0.337 e. The molecule has 0 unspecified atom stereocenters. The van der Waals surface area contributed by atoms with Gasteiger partial charge < -0.3 is 20.1 Å². The summed E-state index contributed by atoms with van der Waals surface area (Å²) in [6, 6.07) is 13.3. The van der Waals surface area contributed by atoms with E-state index in [1.165, 1.54) is 7.11 Å². The minimum Gasteiger partial charge on any atom is -0.478 e. The predicted octanol–water partition coefficient (Wildman–Crippen LogP) is 2.20. The van der Waals surface area contributed by atoms with Crippen molar-refractivity contribution in [2.24, 2.45) is 0 Å². The van der Waals surface area contributed by atoms with Crippen LogP contribution in [0.2, 0.25) is 0 Å². The van der Waals surface area contributed by atoms with Crippen LogP contribution in [-0.2, 0) is 14.3 Å². The number of methoxy groups -OCH3 is 1. The average molecular weight is 340 g/mol. The van der Waals surface area contributed by atoms with Crippen molar-refractivity contribution >= 4 is 29.2 Å². The molecule has 1 aliphatic heterocycles. The fraction of sp³-hybridized carbons (Fsp3) is 0.167. The third-order valence-electron chi connectivity index (χ3n) is 3.67. The summed E-state index contributed by atoms with van der Waals surface area (Å²) in [5.74, 6) is -0.661. The van der Waals surface area contributed by atoms with Gasteiger partial charge in [-0.25, -0.2) is 4.79 Å². The Morgan fingerprint density at radius 1 is 1.16 bits per heavy atom. The number of nitrogens with one attached hydrogen (secondary N) is 2. The van der Waals surface area contributed by atoms with Gasteiger partial charge in [0, 0.05) is 5.69 Å². The lowest BCUT2D eigenvalue weighted by atomic mass is 10.1. The van der Waals surface area contributed by atoms with E-state index in [9.17, 15) is 14.4 Å². The first-order chi connectivity index (χ1) is 12.1. The van der Waals surface area contributed by atoms with Gasteiger partial charge in [0.25, 0.3) is 5.91 Å². The van der Waals surface area contributed by atoms with E-state index in [0.29, 0.717) is 22.7 Å². The summed E-state index contributed by atoms with van der Waals surface area (Å²) in [5, 5.41) is 5.38. The number of carbonyl (C=O) groups is 3. The minimum atomic E-state index is -0.899. The molecule has 1 heterocycles. The van der Waals surface area contributed by atoms with E-state index >= 15 is 0 Å². The van der Waals surface area contributed by atoms with Crippen molar-refractivity contribution in [2.45, 2.75) is 12.5 Å². The quantitative estimate of drug-likeness (QED) is 0.832. The predicted molar refractivity (Wildman–Crippen MR) is 90.5 cm³/mol. The van der Waals surface area contributed by atoms with E-state index in [-0.39, 0.29) is 18.2 Å². The second-order valence-electron chi connectivity index (χ2n) is 5.41. The summed E-state index contributed by atoms with van der Waals surface area (Å²) >= 11 is 0. The Labute approximate surface area is 143 Å². The average Bonchev–Trinajstić information content (AvgIpc) is 2.62. The number of anilines is 2. The number of benzene rings is 2. The maximum atomic E-state index is 12.2. The number of para-hydroxylation sites is 2. The molecule has 2 aromatic carbocycles. The molecule has 0 radical (unpaired) electrons. The molecule has 2 N–H and O–H groups in total. The fourth-order valence-corrected chi connectivity index (χ4v) is 2.41. The van der Waals surface area contributed by atoms with Gasteiger partial charge in [0.05, 0.1) is 24.8 Å². The first kappa shape index (κ1) is 16.5. The van der Waals surface area contributed by atoms with E-state index in [1.807, 2.05) is 0 Å². The number of rotatable bonds is 4. The van der Waals surface area contributed by atoms with Crippen LogP contribution in [0.25, 0.3) is 0 Å². The van der Waals surface area contributed by atoms with Crippen molar-refractivity contribution in [1.29, 1.82) is 0 Å². The highest BCUT2D eigenvalue weighted by molar-refractivity contribution is 6.02. The summed E-state index contributed by atoms with van der Waals surface area (Å²) in [6.45, 7) is 0. The van der Waals surface area contributed by atoms with Gasteiger partial charge in [-0.05, 0) is 36.4 Å². The normalized spacial score (nSPS) is 15.4. The van der Waals surface area contributed by atoms with Crippen molar-refractivity contribution < 1.29 is 23.9 Å². The highest BCUT2D eigenvalue weighted by Crippen LogP contribution is 2.29. The van der Waals surface area contributed by atoms with Crippen LogP contribution in [0.3, 0.4) is 0 Å². The second kappa shape index (κ2) is 7.04. The van der Waals surface area contributed by atoms with E-state index in [2.05, 4.69) is 15.4 Å². The minimum absolute atomic E-state index is 0.126. The number of hydrogen-bond acceptors (Lipinski definition) is 5. The lowest BCUT2D eigenvalue weighted by Gasteiger charge is -2.25. The molecular formula is C18H16N2O5. The molecule has 0 saturated heterocycles. The Kier molecular flexibility index (Phi) is 4.65. The van der Waals surface area contributed by atoms with Crippen molar-refractivity contribution in [3.63, 3.8) is 0 Å². The van der Waals surface area contributed by atoms with Crippen LogP contribution in [0.4, 0.5) is 11.4 Å².